The van der Waals surface area contributed by atoms with Crippen molar-refractivity contribution in [2.24, 2.45) is 11.7 Å². The number of primary amides is 1. The summed E-state index contributed by atoms with van der Waals surface area (Å²) in [6, 6.07) is 7.73. The number of benzene rings is 1. The van der Waals surface area contributed by atoms with E-state index >= 15 is 0 Å². The second-order valence-corrected chi connectivity index (χ2v) is 5.26. The first-order valence-electron chi connectivity index (χ1n) is 6.77. The average Bonchev–Trinajstić information content (AvgIpc) is 2.81. The lowest BCUT2D eigenvalue weighted by molar-refractivity contribution is -0.136. The summed E-state index contributed by atoms with van der Waals surface area (Å²) in [5, 5.41) is 1.88. The zero-order chi connectivity index (χ0) is 15.0. The van der Waals surface area contributed by atoms with Crippen molar-refractivity contribution in [3.8, 4) is 0 Å². The molecule has 1 aromatic carbocycles. The van der Waals surface area contributed by atoms with Crippen molar-refractivity contribution < 1.29 is 9.59 Å². The zero-order valence-corrected chi connectivity index (χ0v) is 11.5. The fraction of sp³-hybridized carbons (Fsp3) is 0.267. The van der Waals surface area contributed by atoms with Crippen LogP contribution in [0.15, 0.2) is 30.5 Å². The van der Waals surface area contributed by atoms with E-state index in [9.17, 15) is 9.59 Å². The van der Waals surface area contributed by atoms with Crippen molar-refractivity contribution >= 4 is 28.4 Å². The highest BCUT2D eigenvalue weighted by molar-refractivity contribution is 6.01. The van der Waals surface area contributed by atoms with E-state index in [-0.39, 0.29) is 5.91 Å². The van der Waals surface area contributed by atoms with E-state index in [1.807, 2.05) is 24.3 Å². The summed E-state index contributed by atoms with van der Waals surface area (Å²) in [6.07, 6.45) is 2.16. The van der Waals surface area contributed by atoms with Crippen molar-refractivity contribution in [2.45, 2.75) is 13.0 Å². The summed E-state index contributed by atoms with van der Waals surface area (Å²) in [5.74, 6) is -0.953. The highest BCUT2D eigenvalue weighted by Gasteiger charge is 2.35. The maximum absolute atomic E-state index is 12.1. The molecule has 0 bridgehead atoms. The molecule has 1 atom stereocenters. The van der Waals surface area contributed by atoms with E-state index in [4.69, 9.17) is 11.5 Å². The Kier molecular flexibility index (Phi) is 3.21. The van der Waals surface area contributed by atoms with Crippen LogP contribution in [0.25, 0.3) is 10.8 Å². The van der Waals surface area contributed by atoms with Gasteiger partial charge in [0.25, 0.3) is 0 Å². The van der Waals surface area contributed by atoms with Crippen molar-refractivity contribution in [1.29, 1.82) is 0 Å². The molecule has 0 aliphatic carbocycles. The number of nitrogens with zero attached hydrogens (tertiary/aromatic N) is 2. The number of anilines is 1. The summed E-state index contributed by atoms with van der Waals surface area (Å²) in [6.45, 7) is 1.000. The molecule has 1 saturated heterocycles. The van der Waals surface area contributed by atoms with Crippen LogP contribution in [-0.2, 0) is 16.1 Å². The number of nitrogens with two attached hydrogens (primary N) is 2. The van der Waals surface area contributed by atoms with Gasteiger partial charge in [0.15, 0.2) is 0 Å². The first-order chi connectivity index (χ1) is 10.1. The van der Waals surface area contributed by atoms with Gasteiger partial charge >= 0.3 is 0 Å². The standard InChI is InChI=1S/C15H16N4O2/c16-13-12-7-9(1-2-10(12)3-5-18-13)8-19-6-4-11(14(17)20)15(19)21/h1-3,5,7,11H,4,6,8H2,(H2,16,18)(H2,17,20)/t11-/m0/s1. The number of fused-ring (bicyclic) bond motifs is 1. The smallest absolute Gasteiger partial charge is 0.235 e. The molecule has 1 aromatic heterocycles. The van der Waals surface area contributed by atoms with Crippen LogP contribution in [-0.4, -0.2) is 28.2 Å². The molecule has 4 N–H and O–H groups in total. The Labute approximate surface area is 121 Å². The van der Waals surface area contributed by atoms with Crippen LogP contribution >= 0.6 is 0 Å². The molecule has 3 rings (SSSR count). The van der Waals surface area contributed by atoms with Crippen LogP contribution in [0, 0.1) is 5.92 Å². The van der Waals surface area contributed by atoms with Gasteiger partial charge in [0.05, 0.1) is 0 Å². The monoisotopic (exact) mass is 284 g/mol. The van der Waals surface area contributed by atoms with E-state index in [2.05, 4.69) is 4.98 Å². The Balaban J connectivity index is 1.84. The van der Waals surface area contributed by atoms with Crippen molar-refractivity contribution in [3.05, 3.63) is 36.0 Å². The third-order valence-electron chi connectivity index (χ3n) is 3.88. The van der Waals surface area contributed by atoms with Gasteiger partial charge in [0.1, 0.15) is 11.7 Å². The summed E-state index contributed by atoms with van der Waals surface area (Å²) < 4.78 is 0. The van der Waals surface area contributed by atoms with Crippen molar-refractivity contribution in [1.82, 2.24) is 9.88 Å². The SMILES string of the molecule is NC(=O)[C@@H]1CCN(Cc2ccc3ccnc(N)c3c2)C1=O. The molecule has 1 fully saturated rings. The van der Waals surface area contributed by atoms with E-state index in [1.165, 1.54) is 0 Å². The van der Waals surface area contributed by atoms with Gasteiger partial charge in [-0.3, -0.25) is 9.59 Å². The van der Waals surface area contributed by atoms with Crippen LogP contribution in [0.2, 0.25) is 0 Å². The number of pyridine rings is 1. The van der Waals surface area contributed by atoms with Gasteiger partial charge in [-0.1, -0.05) is 12.1 Å². The lowest BCUT2D eigenvalue weighted by Crippen LogP contribution is -2.33. The third-order valence-corrected chi connectivity index (χ3v) is 3.88. The summed E-state index contributed by atoms with van der Waals surface area (Å²) >= 11 is 0. The van der Waals surface area contributed by atoms with Gasteiger partial charge < -0.3 is 16.4 Å². The van der Waals surface area contributed by atoms with E-state index in [0.717, 1.165) is 16.3 Å². The molecule has 0 unspecified atom stereocenters. The van der Waals surface area contributed by atoms with Gasteiger partial charge in [-0.15, -0.1) is 0 Å². The number of likely N-dealkylation sites (tertiary alicyclic amines) is 1. The molecule has 6 nitrogen and oxygen atoms in total. The highest BCUT2D eigenvalue weighted by Crippen LogP contribution is 2.24. The molecular weight excluding hydrogens is 268 g/mol. The highest BCUT2D eigenvalue weighted by atomic mass is 16.2. The van der Waals surface area contributed by atoms with Gasteiger partial charge in [0, 0.05) is 24.7 Å². The number of hydrogen-bond acceptors (Lipinski definition) is 4. The molecule has 2 heterocycles. The Morgan fingerprint density at radius 2 is 2.19 bits per heavy atom. The Morgan fingerprint density at radius 3 is 2.90 bits per heavy atom. The Morgan fingerprint density at radius 1 is 1.38 bits per heavy atom. The number of hydrogen-bond donors (Lipinski definition) is 2. The summed E-state index contributed by atoms with van der Waals surface area (Å²) in [5.41, 5.74) is 12.1. The predicted octanol–water partition coefficient (Wildman–Crippen LogP) is 0.651. The third kappa shape index (κ3) is 2.40. The largest absolute Gasteiger partial charge is 0.383 e. The molecule has 2 amide bonds. The molecule has 0 radical (unpaired) electrons. The fourth-order valence-electron chi connectivity index (χ4n) is 2.72. The normalized spacial score (nSPS) is 18.4. The fourth-order valence-corrected chi connectivity index (χ4v) is 2.72. The van der Waals surface area contributed by atoms with E-state index in [0.29, 0.717) is 25.3 Å². The van der Waals surface area contributed by atoms with Crippen LogP contribution in [0.5, 0.6) is 0 Å². The first kappa shape index (κ1) is 13.4. The second kappa shape index (κ2) is 5.05. The van der Waals surface area contributed by atoms with Crippen LogP contribution in [0.1, 0.15) is 12.0 Å². The zero-order valence-electron chi connectivity index (χ0n) is 11.5. The number of nitrogen functional groups attached to an aromatic ring is 1. The predicted molar refractivity (Wildman–Crippen MR) is 78.9 cm³/mol. The van der Waals surface area contributed by atoms with E-state index < -0.39 is 11.8 Å². The molecule has 2 aromatic rings. The second-order valence-electron chi connectivity index (χ2n) is 5.26. The summed E-state index contributed by atoms with van der Waals surface area (Å²) in [4.78, 5) is 29.0. The number of carbonyl (C=O) groups is 2. The minimum absolute atomic E-state index is 0.193. The molecule has 108 valence electrons. The molecular formula is C15H16N4O2. The Bertz CT molecular complexity index is 729. The van der Waals surface area contributed by atoms with Gasteiger partial charge in [-0.05, 0) is 29.5 Å². The molecule has 6 heteroatoms. The van der Waals surface area contributed by atoms with Crippen molar-refractivity contribution in [2.75, 3.05) is 12.3 Å². The number of rotatable bonds is 3. The maximum atomic E-state index is 12.1. The number of amides is 2. The molecule has 0 spiro atoms. The topological polar surface area (TPSA) is 102 Å². The lowest BCUT2D eigenvalue weighted by atomic mass is 10.1. The van der Waals surface area contributed by atoms with Gasteiger partial charge in [0.2, 0.25) is 11.8 Å². The minimum Gasteiger partial charge on any atom is -0.383 e. The minimum atomic E-state index is -0.683. The first-order valence-corrected chi connectivity index (χ1v) is 6.77. The van der Waals surface area contributed by atoms with Crippen molar-refractivity contribution in [3.63, 3.8) is 0 Å². The van der Waals surface area contributed by atoms with E-state index in [1.54, 1.807) is 11.1 Å². The van der Waals surface area contributed by atoms with Gasteiger partial charge in [-0.25, -0.2) is 4.98 Å². The average molecular weight is 284 g/mol. The lowest BCUT2D eigenvalue weighted by Gasteiger charge is -2.16. The molecule has 1 aliphatic rings. The van der Waals surface area contributed by atoms with Crippen LogP contribution < -0.4 is 11.5 Å². The molecule has 0 saturated carbocycles. The quantitative estimate of drug-likeness (QED) is 0.808. The molecule has 1 aliphatic heterocycles. The number of aromatic nitrogens is 1. The number of carbonyl (C=O) groups excluding carboxylic acids is 2. The summed E-state index contributed by atoms with van der Waals surface area (Å²) in [7, 11) is 0. The van der Waals surface area contributed by atoms with Crippen LogP contribution in [0.4, 0.5) is 5.82 Å². The Hall–Kier alpha value is -2.63. The van der Waals surface area contributed by atoms with Crippen LogP contribution in [0.3, 0.4) is 0 Å². The maximum Gasteiger partial charge on any atom is 0.235 e. The molecule has 21 heavy (non-hydrogen) atoms. The van der Waals surface area contributed by atoms with Gasteiger partial charge in [-0.2, -0.15) is 0 Å².